The molecule has 0 saturated carbocycles. The standard InChI is InChI=1S/C56H37N5OSi/c1-5-17-38(18-6-1)39-31-32-46-45-27-13-14-29-49(45)61(50(46)36-39)56-59-54(58-55(60-56)48-28-16-30-51-53(48)47-33-34-57-37-52(47)62-51)40-19-15-26-44(35-40)63(41-20-7-2-8-21-41,42-22-9-3-10-23-42)43-24-11-4-12-25-43/h1-37H. The SMILES string of the molecule is c1ccc(-c2ccc3c4ccccc4n(-c4nc(-c5cccc([Si](c6ccccc6)(c6ccccc6)c6ccccc6)c5)nc(-c5cccc6oc7cnccc7c56)n4)c3c2)cc1. The van der Waals surface area contributed by atoms with E-state index in [0.29, 0.717) is 23.2 Å². The molecule has 12 rings (SSSR count). The summed E-state index contributed by atoms with van der Waals surface area (Å²) in [7, 11) is -2.87. The molecule has 0 saturated heterocycles. The minimum Gasteiger partial charge on any atom is -0.454 e. The molecular formula is C56H37N5OSi. The van der Waals surface area contributed by atoms with Crippen LogP contribution in [0, 0.1) is 0 Å². The predicted octanol–water partition coefficient (Wildman–Crippen LogP) is 10.6. The van der Waals surface area contributed by atoms with E-state index < -0.39 is 8.07 Å². The molecule has 0 spiro atoms. The zero-order valence-corrected chi connectivity index (χ0v) is 35.0. The summed E-state index contributed by atoms with van der Waals surface area (Å²) in [6.45, 7) is 0. The third-order valence-electron chi connectivity index (χ3n) is 12.3. The normalized spacial score (nSPS) is 11.8. The molecule has 63 heavy (non-hydrogen) atoms. The Bertz CT molecular complexity index is 3530. The lowest BCUT2D eigenvalue weighted by Gasteiger charge is -2.34. The van der Waals surface area contributed by atoms with E-state index in [0.717, 1.165) is 60.4 Å². The molecule has 0 atom stereocenters. The average molecular weight is 824 g/mol. The molecule has 296 valence electrons. The Morgan fingerprint density at radius 2 is 1.00 bits per heavy atom. The molecule has 0 unspecified atom stereocenters. The van der Waals surface area contributed by atoms with E-state index >= 15 is 0 Å². The number of hydrogen-bond acceptors (Lipinski definition) is 5. The first-order chi connectivity index (χ1) is 31.2. The Hall–Kier alpha value is -8.26. The molecule has 0 aliphatic carbocycles. The summed E-state index contributed by atoms with van der Waals surface area (Å²) in [4.78, 5) is 20.7. The second kappa shape index (κ2) is 15.0. The summed E-state index contributed by atoms with van der Waals surface area (Å²) in [6, 6.07) is 75.6. The van der Waals surface area contributed by atoms with Gasteiger partial charge in [0.15, 0.2) is 25.3 Å². The van der Waals surface area contributed by atoms with E-state index in [9.17, 15) is 0 Å². The lowest BCUT2D eigenvalue weighted by atomic mass is 10.0. The van der Waals surface area contributed by atoms with Gasteiger partial charge in [0.1, 0.15) is 5.58 Å². The third kappa shape index (κ3) is 6.01. The fourth-order valence-corrected chi connectivity index (χ4v) is 14.3. The molecule has 0 radical (unpaired) electrons. The minimum atomic E-state index is -2.87. The van der Waals surface area contributed by atoms with Crippen LogP contribution in [-0.2, 0) is 0 Å². The van der Waals surface area contributed by atoms with Gasteiger partial charge in [-0.1, -0.05) is 188 Å². The van der Waals surface area contributed by atoms with Crippen molar-refractivity contribution in [3.05, 3.63) is 225 Å². The highest BCUT2D eigenvalue weighted by Gasteiger charge is 2.41. The molecule has 0 aliphatic rings. The molecular weight excluding hydrogens is 787 g/mol. The maximum absolute atomic E-state index is 6.35. The molecule has 0 N–H and O–H groups in total. The molecule has 4 aromatic heterocycles. The van der Waals surface area contributed by atoms with Gasteiger partial charge in [-0.2, -0.15) is 9.97 Å². The first-order valence-corrected chi connectivity index (χ1v) is 23.1. The lowest BCUT2D eigenvalue weighted by Crippen LogP contribution is -2.74. The van der Waals surface area contributed by atoms with Gasteiger partial charge < -0.3 is 4.42 Å². The van der Waals surface area contributed by atoms with Crippen molar-refractivity contribution < 1.29 is 4.42 Å². The summed E-state index contributed by atoms with van der Waals surface area (Å²) in [5, 5.41) is 9.25. The molecule has 0 fully saturated rings. The molecule has 12 aromatic rings. The summed E-state index contributed by atoms with van der Waals surface area (Å²) in [6.07, 6.45) is 3.56. The van der Waals surface area contributed by atoms with Crippen molar-refractivity contribution in [1.29, 1.82) is 0 Å². The van der Waals surface area contributed by atoms with Crippen molar-refractivity contribution in [3.8, 4) is 39.9 Å². The quantitative estimate of drug-likeness (QED) is 0.113. The molecule has 0 aliphatic heterocycles. The van der Waals surface area contributed by atoms with Crippen molar-refractivity contribution in [2.45, 2.75) is 0 Å². The first kappa shape index (κ1) is 36.6. The van der Waals surface area contributed by atoms with E-state index in [1.165, 1.54) is 20.7 Å². The average Bonchev–Trinajstić information content (AvgIpc) is 3.91. The Balaban J connectivity index is 1.15. The Morgan fingerprint density at radius 1 is 0.397 bits per heavy atom. The monoisotopic (exact) mass is 823 g/mol. The fourth-order valence-electron chi connectivity index (χ4n) is 9.53. The van der Waals surface area contributed by atoms with Crippen LogP contribution in [0.2, 0.25) is 0 Å². The smallest absolute Gasteiger partial charge is 0.238 e. The number of furan rings is 1. The number of nitrogens with zero attached hydrogens (tertiary/aromatic N) is 5. The van der Waals surface area contributed by atoms with Crippen LogP contribution in [-0.4, -0.2) is 32.6 Å². The van der Waals surface area contributed by atoms with Gasteiger partial charge in [-0.05, 0) is 56.1 Å². The Labute approximate surface area is 364 Å². The molecule has 0 amide bonds. The Morgan fingerprint density at radius 3 is 1.73 bits per heavy atom. The molecule has 7 heteroatoms. The van der Waals surface area contributed by atoms with E-state index in [-0.39, 0.29) is 0 Å². The van der Waals surface area contributed by atoms with Crippen molar-refractivity contribution in [2.75, 3.05) is 0 Å². The number of fused-ring (bicyclic) bond motifs is 6. The van der Waals surface area contributed by atoms with E-state index in [2.05, 4.69) is 198 Å². The van der Waals surface area contributed by atoms with Crippen molar-refractivity contribution in [2.24, 2.45) is 0 Å². The zero-order chi connectivity index (χ0) is 41.7. The number of para-hydroxylation sites is 1. The number of aromatic nitrogens is 5. The van der Waals surface area contributed by atoms with Crippen molar-refractivity contribution in [3.63, 3.8) is 0 Å². The number of hydrogen-bond donors (Lipinski definition) is 0. The lowest BCUT2D eigenvalue weighted by molar-refractivity contribution is 0.667. The molecule has 8 aromatic carbocycles. The number of pyridine rings is 1. The van der Waals surface area contributed by atoms with Gasteiger partial charge in [0.25, 0.3) is 0 Å². The van der Waals surface area contributed by atoms with Crippen LogP contribution < -0.4 is 20.7 Å². The summed E-state index contributed by atoms with van der Waals surface area (Å²) < 4.78 is 8.55. The first-order valence-electron chi connectivity index (χ1n) is 21.1. The third-order valence-corrected chi connectivity index (χ3v) is 17.1. The van der Waals surface area contributed by atoms with E-state index in [4.69, 9.17) is 19.4 Å². The molecule has 4 heterocycles. The van der Waals surface area contributed by atoms with Crippen LogP contribution in [0.1, 0.15) is 0 Å². The van der Waals surface area contributed by atoms with Gasteiger partial charge in [-0.3, -0.25) is 9.55 Å². The predicted molar refractivity (Wildman–Crippen MR) is 259 cm³/mol. The minimum absolute atomic E-state index is 0.529. The van der Waals surface area contributed by atoms with Crippen LogP contribution in [0.4, 0.5) is 0 Å². The van der Waals surface area contributed by atoms with Crippen LogP contribution >= 0.6 is 0 Å². The Kier molecular flexibility index (Phi) is 8.72. The van der Waals surface area contributed by atoms with Crippen LogP contribution in [0.3, 0.4) is 0 Å². The van der Waals surface area contributed by atoms with E-state index in [1.807, 2.05) is 24.3 Å². The largest absolute Gasteiger partial charge is 0.454 e. The van der Waals surface area contributed by atoms with Gasteiger partial charge in [-0.25, -0.2) is 4.98 Å². The fraction of sp³-hybridized carbons (Fsp3) is 0. The second-order valence-electron chi connectivity index (χ2n) is 15.8. The maximum Gasteiger partial charge on any atom is 0.238 e. The molecule has 6 nitrogen and oxygen atoms in total. The van der Waals surface area contributed by atoms with Crippen molar-refractivity contribution >= 4 is 72.6 Å². The topological polar surface area (TPSA) is 69.6 Å². The highest BCUT2D eigenvalue weighted by atomic mass is 28.3. The van der Waals surface area contributed by atoms with Crippen LogP contribution in [0.15, 0.2) is 229 Å². The number of benzene rings is 8. The van der Waals surface area contributed by atoms with Gasteiger partial charge in [0, 0.05) is 38.9 Å². The maximum atomic E-state index is 6.35. The van der Waals surface area contributed by atoms with Gasteiger partial charge in [0.05, 0.1) is 17.2 Å². The van der Waals surface area contributed by atoms with Crippen LogP contribution in [0.5, 0.6) is 0 Å². The zero-order valence-electron chi connectivity index (χ0n) is 34.0. The molecule has 0 bridgehead atoms. The van der Waals surface area contributed by atoms with Gasteiger partial charge >= 0.3 is 0 Å². The van der Waals surface area contributed by atoms with Crippen LogP contribution in [0.25, 0.3) is 83.6 Å². The van der Waals surface area contributed by atoms with Gasteiger partial charge in [-0.15, -0.1) is 0 Å². The number of rotatable bonds is 8. The highest BCUT2D eigenvalue weighted by Crippen LogP contribution is 2.38. The van der Waals surface area contributed by atoms with Crippen molar-refractivity contribution in [1.82, 2.24) is 24.5 Å². The second-order valence-corrected chi connectivity index (χ2v) is 19.6. The van der Waals surface area contributed by atoms with E-state index in [1.54, 1.807) is 12.4 Å². The highest BCUT2D eigenvalue weighted by molar-refractivity contribution is 7.19. The van der Waals surface area contributed by atoms with Gasteiger partial charge in [0.2, 0.25) is 5.95 Å². The summed E-state index contributed by atoms with van der Waals surface area (Å²) >= 11 is 0. The summed E-state index contributed by atoms with van der Waals surface area (Å²) in [5.41, 5.74) is 7.48. The summed E-state index contributed by atoms with van der Waals surface area (Å²) in [5.74, 6) is 1.65.